The molecule has 3 aromatic rings. The molecule has 8 heteroatoms. The first kappa shape index (κ1) is 21.0. The second-order valence-electron chi connectivity index (χ2n) is 7.54. The number of carbonyl (C=O) groups excluding carboxylic acids is 2. The normalized spacial score (nSPS) is 22.4. The molecule has 3 atom stereocenters. The molecule has 2 aliphatic rings. The Morgan fingerprint density at radius 1 is 0.938 bits per heavy atom. The molecule has 3 aromatic carbocycles. The molecule has 0 aliphatic carbocycles. The number of para-hydroxylation sites is 1. The third-order valence-electron chi connectivity index (χ3n) is 5.70. The molecule has 0 saturated carbocycles. The van der Waals surface area contributed by atoms with Gasteiger partial charge in [-0.15, -0.1) is 0 Å². The smallest absolute Gasteiger partial charge is 0.266 e. The van der Waals surface area contributed by atoms with Crippen molar-refractivity contribution in [1.82, 2.24) is 0 Å². The summed E-state index contributed by atoms with van der Waals surface area (Å²) in [5.41, 5.74) is 1.91. The lowest BCUT2D eigenvalue weighted by molar-refractivity contribution is -0.126. The number of fused-ring (bicyclic) bond motifs is 1. The van der Waals surface area contributed by atoms with Gasteiger partial charge in [0, 0.05) is 15.1 Å². The Hall–Kier alpha value is -2.87. The fourth-order valence-electron chi connectivity index (χ4n) is 4.34. The van der Waals surface area contributed by atoms with Crippen molar-refractivity contribution in [3.05, 3.63) is 87.9 Å². The third-order valence-corrected chi connectivity index (χ3v) is 6.43. The number of carbonyl (C=O) groups is 2. The van der Waals surface area contributed by atoms with Crippen molar-refractivity contribution >= 4 is 50.7 Å². The molecule has 162 valence electrons. The molecular formula is C24H18BrClN2O4. The van der Waals surface area contributed by atoms with E-state index in [1.54, 1.807) is 36.4 Å². The number of amides is 2. The molecule has 2 amide bonds. The van der Waals surface area contributed by atoms with Crippen LogP contribution in [0.15, 0.2) is 77.3 Å². The second kappa shape index (κ2) is 8.24. The number of hydroxylamine groups is 1. The Bertz CT molecular complexity index is 1210. The van der Waals surface area contributed by atoms with Gasteiger partial charge in [-0.1, -0.05) is 51.8 Å². The van der Waals surface area contributed by atoms with Crippen LogP contribution in [0.25, 0.3) is 0 Å². The van der Waals surface area contributed by atoms with E-state index in [0.717, 1.165) is 15.7 Å². The Kier molecular flexibility index (Phi) is 5.41. The monoisotopic (exact) mass is 512 g/mol. The van der Waals surface area contributed by atoms with Crippen LogP contribution in [0, 0.1) is 5.92 Å². The lowest BCUT2D eigenvalue weighted by atomic mass is 9.90. The number of halogens is 2. The molecule has 2 fully saturated rings. The Morgan fingerprint density at radius 3 is 2.41 bits per heavy atom. The number of ether oxygens (including phenoxy) is 1. The summed E-state index contributed by atoms with van der Waals surface area (Å²) in [6.45, 7) is 0. The molecule has 0 radical (unpaired) electrons. The van der Waals surface area contributed by atoms with Crippen molar-refractivity contribution in [2.75, 3.05) is 17.1 Å². The first-order valence-electron chi connectivity index (χ1n) is 9.97. The Labute approximate surface area is 198 Å². The van der Waals surface area contributed by atoms with Crippen LogP contribution in [0.3, 0.4) is 0 Å². The Morgan fingerprint density at radius 2 is 1.69 bits per heavy atom. The van der Waals surface area contributed by atoms with Gasteiger partial charge in [0.15, 0.2) is 6.10 Å². The zero-order chi connectivity index (χ0) is 22.4. The van der Waals surface area contributed by atoms with Gasteiger partial charge in [-0.05, 0) is 48.5 Å². The second-order valence-corrected chi connectivity index (χ2v) is 8.89. The standard InChI is InChI=1S/C24H18BrClN2O4/c1-31-19-11-10-14(25)12-18(19)21-20-22(32-28(21)16-7-3-2-4-8-16)24(30)27(23(20)29)17-9-5-6-15(26)13-17/h2-13,20-22H,1H3/t20-,21+,22-/m0/s1. The number of methoxy groups -OCH3 is 1. The molecule has 6 nitrogen and oxygen atoms in total. The minimum atomic E-state index is -0.963. The van der Waals surface area contributed by atoms with Crippen LogP contribution in [-0.2, 0) is 14.4 Å². The molecule has 0 N–H and O–H groups in total. The van der Waals surface area contributed by atoms with Gasteiger partial charge in [0.25, 0.3) is 5.91 Å². The summed E-state index contributed by atoms with van der Waals surface area (Å²) in [7, 11) is 1.58. The SMILES string of the molecule is COc1ccc(Br)cc1[C@@H]1[C@@H]2C(=O)N(c3cccc(Cl)c3)C(=O)[C@H]2ON1c1ccccc1. The maximum Gasteiger partial charge on any atom is 0.266 e. The molecule has 0 aromatic heterocycles. The van der Waals surface area contributed by atoms with Crippen LogP contribution in [0.1, 0.15) is 11.6 Å². The van der Waals surface area contributed by atoms with Crippen LogP contribution >= 0.6 is 27.5 Å². The molecule has 0 unspecified atom stereocenters. The summed E-state index contributed by atoms with van der Waals surface area (Å²) < 4.78 is 6.43. The zero-order valence-corrected chi connectivity index (χ0v) is 19.3. The molecule has 0 spiro atoms. The first-order chi connectivity index (χ1) is 15.5. The van der Waals surface area contributed by atoms with Gasteiger partial charge in [0.2, 0.25) is 5.91 Å². The molecule has 0 bridgehead atoms. The van der Waals surface area contributed by atoms with Crippen LogP contribution in [0.4, 0.5) is 11.4 Å². The van der Waals surface area contributed by atoms with Gasteiger partial charge in [-0.3, -0.25) is 14.4 Å². The zero-order valence-electron chi connectivity index (χ0n) is 16.9. The van der Waals surface area contributed by atoms with Crippen LogP contribution in [-0.4, -0.2) is 25.0 Å². The molecule has 32 heavy (non-hydrogen) atoms. The predicted octanol–water partition coefficient (Wildman–Crippen LogP) is 5.16. The van der Waals surface area contributed by atoms with E-state index in [-0.39, 0.29) is 5.91 Å². The van der Waals surface area contributed by atoms with Crippen LogP contribution < -0.4 is 14.7 Å². The van der Waals surface area contributed by atoms with E-state index in [9.17, 15) is 9.59 Å². The number of hydrogen-bond donors (Lipinski definition) is 0. The summed E-state index contributed by atoms with van der Waals surface area (Å²) in [4.78, 5) is 34.3. The number of rotatable bonds is 4. The lowest BCUT2D eigenvalue weighted by Crippen LogP contribution is -2.37. The van der Waals surface area contributed by atoms with Gasteiger partial charge >= 0.3 is 0 Å². The number of anilines is 2. The van der Waals surface area contributed by atoms with Crippen molar-refractivity contribution in [2.24, 2.45) is 5.92 Å². The van der Waals surface area contributed by atoms with Crippen molar-refractivity contribution in [1.29, 1.82) is 0 Å². The molecule has 2 saturated heterocycles. The minimum Gasteiger partial charge on any atom is -0.496 e. The molecule has 2 heterocycles. The van der Waals surface area contributed by atoms with E-state index in [4.69, 9.17) is 21.2 Å². The summed E-state index contributed by atoms with van der Waals surface area (Å²) in [6.07, 6.45) is -0.963. The van der Waals surface area contributed by atoms with Gasteiger partial charge < -0.3 is 4.74 Å². The van der Waals surface area contributed by atoms with E-state index in [0.29, 0.717) is 16.5 Å². The summed E-state index contributed by atoms with van der Waals surface area (Å²) in [6, 6.07) is 21.1. The van der Waals surface area contributed by atoms with Gasteiger partial charge in [0.05, 0.1) is 24.5 Å². The predicted molar refractivity (Wildman–Crippen MR) is 125 cm³/mol. The maximum absolute atomic E-state index is 13.7. The topological polar surface area (TPSA) is 59.1 Å². The fourth-order valence-corrected chi connectivity index (χ4v) is 4.90. The summed E-state index contributed by atoms with van der Waals surface area (Å²) in [5.74, 6) is -0.915. The van der Waals surface area contributed by atoms with Crippen molar-refractivity contribution in [2.45, 2.75) is 12.1 Å². The minimum absolute atomic E-state index is 0.340. The van der Waals surface area contributed by atoms with E-state index in [1.807, 2.05) is 48.5 Å². The van der Waals surface area contributed by atoms with Crippen molar-refractivity contribution < 1.29 is 19.2 Å². The number of benzene rings is 3. The van der Waals surface area contributed by atoms with Gasteiger partial charge in [-0.2, -0.15) is 0 Å². The quantitative estimate of drug-likeness (QED) is 0.451. The average Bonchev–Trinajstić information content (AvgIpc) is 3.30. The van der Waals surface area contributed by atoms with E-state index < -0.39 is 24.0 Å². The van der Waals surface area contributed by atoms with E-state index in [1.165, 1.54) is 4.90 Å². The number of imide groups is 1. The van der Waals surface area contributed by atoms with Crippen LogP contribution in [0.5, 0.6) is 5.75 Å². The molecule has 5 rings (SSSR count). The highest BCUT2D eigenvalue weighted by Crippen LogP contribution is 2.50. The van der Waals surface area contributed by atoms with Crippen molar-refractivity contribution in [3.8, 4) is 5.75 Å². The Balaban J connectivity index is 1.64. The van der Waals surface area contributed by atoms with Gasteiger partial charge in [-0.25, -0.2) is 9.96 Å². The summed E-state index contributed by atoms with van der Waals surface area (Å²) in [5, 5.41) is 2.09. The third kappa shape index (κ3) is 3.37. The largest absolute Gasteiger partial charge is 0.496 e. The average molecular weight is 514 g/mol. The number of nitrogens with zero attached hydrogens (tertiary/aromatic N) is 2. The van der Waals surface area contributed by atoms with Gasteiger partial charge in [0.1, 0.15) is 11.7 Å². The maximum atomic E-state index is 13.7. The fraction of sp³-hybridized carbons (Fsp3) is 0.167. The van der Waals surface area contributed by atoms with E-state index in [2.05, 4.69) is 15.9 Å². The first-order valence-corrected chi connectivity index (χ1v) is 11.1. The highest BCUT2D eigenvalue weighted by molar-refractivity contribution is 9.10. The van der Waals surface area contributed by atoms with Crippen molar-refractivity contribution in [3.63, 3.8) is 0 Å². The lowest BCUT2D eigenvalue weighted by Gasteiger charge is -2.29. The van der Waals surface area contributed by atoms with Crippen LogP contribution in [0.2, 0.25) is 5.02 Å². The molecular weight excluding hydrogens is 496 g/mol. The number of hydrogen-bond acceptors (Lipinski definition) is 5. The molecule has 2 aliphatic heterocycles. The summed E-state index contributed by atoms with van der Waals surface area (Å²) >= 11 is 9.63. The van der Waals surface area contributed by atoms with E-state index >= 15 is 0 Å². The highest BCUT2D eigenvalue weighted by atomic mass is 79.9. The highest BCUT2D eigenvalue weighted by Gasteiger charge is 2.60.